The molecule has 0 saturated carbocycles. The number of ether oxygens (including phenoxy) is 1. The number of carbonyl (C=O) groups is 1. The molecule has 5 nitrogen and oxygen atoms in total. The SMILES string of the molecule is COc1ccccc1-c1nn(Cc2ccccc2)cc1C=CC(=O)N(C)Cc1sccc1C. The van der Waals surface area contributed by atoms with Crippen LogP contribution in [0.25, 0.3) is 17.3 Å². The maximum Gasteiger partial charge on any atom is 0.246 e. The number of aromatic nitrogens is 2. The van der Waals surface area contributed by atoms with Crippen molar-refractivity contribution in [2.75, 3.05) is 14.2 Å². The Morgan fingerprint density at radius 2 is 1.88 bits per heavy atom. The monoisotopic (exact) mass is 457 g/mol. The second-order valence-corrected chi connectivity index (χ2v) is 8.87. The third-order valence-electron chi connectivity index (χ3n) is 5.47. The summed E-state index contributed by atoms with van der Waals surface area (Å²) in [6.07, 6.45) is 5.43. The van der Waals surface area contributed by atoms with Crippen molar-refractivity contribution in [1.29, 1.82) is 0 Å². The number of thiophene rings is 1. The van der Waals surface area contributed by atoms with Gasteiger partial charge >= 0.3 is 0 Å². The number of methoxy groups -OCH3 is 1. The Labute approximate surface area is 198 Å². The number of amides is 1. The van der Waals surface area contributed by atoms with Crippen molar-refractivity contribution in [2.24, 2.45) is 0 Å². The quantitative estimate of drug-likeness (QED) is 0.321. The zero-order valence-corrected chi connectivity index (χ0v) is 19.9. The lowest BCUT2D eigenvalue weighted by atomic mass is 10.1. The summed E-state index contributed by atoms with van der Waals surface area (Å²) in [5, 5.41) is 6.90. The lowest BCUT2D eigenvalue weighted by molar-refractivity contribution is -0.125. The summed E-state index contributed by atoms with van der Waals surface area (Å²) >= 11 is 1.67. The van der Waals surface area contributed by atoms with E-state index in [4.69, 9.17) is 9.84 Å². The Kier molecular flexibility index (Phi) is 7.05. The Bertz CT molecular complexity index is 1260. The molecule has 0 spiro atoms. The molecule has 0 unspecified atom stereocenters. The van der Waals surface area contributed by atoms with Gasteiger partial charge in [-0.05, 0) is 47.7 Å². The molecule has 4 rings (SSSR count). The number of rotatable bonds is 8. The van der Waals surface area contributed by atoms with E-state index in [2.05, 4.69) is 30.5 Å². The molecule has 0 aliphatic carbocycles. The number of aryl methyl sites for hydroxylation is 1. The standard InChI is InChI=1S/C27H27N3O2S/c1-20-15-16-33-25(20)19-29(2)26(31)14-13-22-18-30(17-21-9-5-4-6-10-21)28-27(22)23-11-7-8-12-24(23)32-3/h4-16,18H,17,19H2,1-3H3. The normalized spacial score (nSPS) is 11.1. The third kappa shape index (κ3) is 5.41. The molecule has 2 aromatic carbocycles. The first-order valence-corrected chi connectivity index (χ1v) is 11.6. The molecule has 4 aromatic rings. The average Bonchev–Trinajstić information content (AvgIpc) is 3.43. The highest BCUT2D eigenvalue weighted by Gasteiger charge is 2.15. The number of hydrogen-bond donors (Lipinski definition) is 0. The van der Waals surface area contributed by atoms with Crippen molar-refractivity contribution < 1.29 is 9.53 Å². The molecule has 0 fully saturated rings. The summed E-state index contributed by atoms with van der Waals surface area (Å²) in [5.41, 5.74) is 4.91. The smallest absolute Gasteiger partial charge is 0.246 e. The van der Waals surface area contributed by atoms with Crippen molar-refractivity contribution in [3.63, 3.8) is 0 Å². The highest BCUT2D eigenvalue weighted by Crippen LogP contribution is 2.32. The highest BCUT2D eigenvalue weighted by molar-refractivity contribution is 7.10. The Balaban J connectivity index is 1.62. The van der Waals surface area contributed by atoms with E-state index in [0.29, 0.717) is 13.1 Å². The summed E-state index contributed by atoms with van der Waals surface area (Å²) in [7, 11) is 3.48. The second kappa shape index (κ2) is 10.3. The molecule has 2 heterocycles. The van der Waals surface area contributed by atoms with Gasteiger partial charge in [0.05, 0.1) is 20.2 Å². The zero-order chi connectivity index (χ0) is 23.2. The minimum Gasteiger partial charge on any atom is -0.496 e. The van der Waals surface area contributed by atoms with Crippen molar-refractivity contribution in [3.05, 3.63) is 99.9 Å². The Morgan fingerprint density at radius 3 is 2.61 bits per heavy atom. The van der Waals surface area contributed by atoms with Gasteiger partial charge in [0, 0.05) is 35.3 Å². The minimum absolute atomic E-state index is 0.0513. The van der Waals surface area contributed by atoms with Crippen LogP contribution in [0.15, 0.2) is 78.3 Å². The van der Waals surface area contributed by atoms with Gasteiger partial charge in [0.1, 0.15) is 11.4 Å². The van der Waals surface area contributed by atoms with Crippen molar-refractivity contribution in [1.82, 2.24) is 14.7 Å². The molecular formula is C27H27N3O2S. The molecule has 33 heavy (non-hydrogen) atoms. The summed E-state index contributed by atoms with van der Waals surface area (Å²) < 4.78 is 7.47. The number of likely N-dealkylation sites (N-methyl/N-ethyl adjacent to an activating group) is 1. The molecule has 0 atom stereocenters. The molecule has 0 saturated heterocycles. The molecule has 1 amide bonds. The maximum absolute atomic E-state index is 12.8. The fourth-order valence-electron chi connectivity index (χ4n) is 3.61. The first kappa shape index (κ1) is 22.6. The van der Waals surface area contributed by atoms with E-state index in [-0.39, 0.29) is 5.91 Å². The van der Waals surface area contributed by atoms with E-state index in [1.165, 1.54) is 10.4 Å². The van der Waals surface area contributed by atoms with Crippen molar-refractivity contribution in [2.45, 2.75) is 20.0 Å². The Hall–Kier alpha value is -3.64. The van der Waals surface area contributed by atoms with Gasteiger partial charge in [0.25, 0.3) is 0 Å². The molecular weight excluding hydrogens is 430 g/mol. The predicted octanol–water partition coefficient (Wildman–Crippen LogP) is 5.65. The van der Waals surface area contributed by atoms with Crippen LogP contribution in [0.3, 0.4) is 0 Å². The van der Waals surface area contributed by atoms with E-state index in [9.17, 15) is 4.79 Å². The molecule has 0 radical (unpaired) electrons. The fraction of sp³-hybridized carbons (Fsp3) is 0.185. The molecule has 0 aliphatic rings. The number of hydrogen-bond acceptors (Lipinski definition) is 4. The number of carbonyl (C=O) groups excluding carboxylic acids is 1. The van der Waals surface area contributed by atoms with E-state index in [0.717, 1.165) is 28.1 Å². The number of para-hydroxylation sites is 1. The summed E-state index contributed by atoms with van der Waals surface area (Å²) in [4.78, 5) is 15.7. The van der Waals surface area contributed by atoms with Crippen LogP contribution < -0.4 is 4.74 Å². The topological polar surface area (TPSA) is 47.4 Å². The van der Waals surface area contributed by atoms with Crippen LogP contribution in [-0.4, -0.2) is 34.7 Å². The first-order chi connectivity index (χ1) is 16.0. The van der Waals surface area contributed by atoms with Crippen LogP contribution in [0.2, 0.25) is 0 Å². The molecule has 0 bridgehead atoms. The fourth-order valence-corrected chi connectivity index (χ4v) is 4.57. The second-order valence-electron chi connectivity index (χ2n) is 7.87. The molecule has 2 aromatic heterocycles. The van der Waals surface area contributed by atoms with Gasteiger partial charge in [-0.15, -0.1) is 11.3 Å². The highest BCUT2D eigenvalue weighted by atomic mass is 32.1. The summed E-state index contributed by atoms with van der Waals surface area (Å²) in [6, 6.07) is 20.1. The van der Waals surface area contributed by atoms with Crippen molar-refractivity contribution >= 4 is 23.3 Å². The molecule has 0 aliphatic heterocycles. The van der Waals surface area contributed by atoms with Crippen LogP contribution >= 0.6 is 11.3 Å². The van der Waals surface area contributed by atoms with Crippen LogP contribution in [0.5, 0.6) is 5.75 Å². The van der Waals surface area contributed by atoms with Gasteiger partial charge in [-0.2, -0.15) is 5.10 Å². The third-order valence-corrected chi connectivity index (χ3v) is 6.48. The van der Waals surface area contributed by atoms with E-state index >= 15 is 0 Å². The number of nitrogens with zero attached hydrogens (tertiary/aromatic N) is 3. The lowest BCUT2D eigenvalue weighted by Gasteiger charge is -2.14. The van der Waals surface area contributed by atoms with E-state index in [1.807, 2.05) is 66.5 Å². The van der Waals surface area contributed by atoms with Gasteiger partial charge in [-0.1, -0.05) is 42.5 Å². The Morgan fingerprint density at radius 1 is 1.12 bits per heavy atom. The average molecular weight is 458 g/mol. The van der Waals surface area contributed by atoms with Crippen LogP contribution in [-0.2, 0) is 17.9 Å². The number of benzene rings is 2. The van der Waals surface area contributed by atoms with Crippen LogP contribution in [0, 0.1) is 6.92 Å². The molecule has 6 heteroatoms. The van der Waals surface area contributed by atoms with Gasteiger partial charge in [-0.3, -0.25) is 9.48 Å². The van der Waals surface area contributed by atoms with Gasteiger partial charge in [0.2, 0.25) is 5.91 Å². The summed E-state index contributed by atoms with van der Waals surface area (Å²) in [6.45, 7) is 3.31. The largest absolute Gasteiger partial charge is 0.496 e. The van der Waals surface area contributed by atoms with E-state index in [1.54, 1.807) is 29.4 Å². The van der Waals surface area contributed by atoms with Gasteiger partial charge in [-0.25, -0.2) is 0 Å². The predicted molar refractivity (Wildman–Crippen MR) is 134 cm³/mol. The van der Waals surface area contributed by atoms with Crippen LogP contribution in [0.4, 0.5) is 0 Å². The van der Waals surface area contributed by atoms with Gasteiger partial charge in [0.15, 0.2) is 0 Å². The van der Waals surface area contributed by atoms with E-state index < -0.39 is 0 Å². The maximum atomic E-state index is 12.8. The first-order valence-electron chi connectivity index (χ1n) is 10.8. The summed E-state index contributed by atoms with van der Waals surface area (Å²) in [5.74, 6) is 0.693. The molecule has 168 valence electrons. The lowest BCUT2D eigenvalue weighted by Crippen LogP contribution is -2.23. The molecule has 0 N–H and O–H groups in total. The minimum atomic E-state index is -0.0513. The van der Waals surface area contributed by atoms with Crippen LogP contribution in [0.1, 0.15) is 21.6 Å². The van der Waals surface area contributed by atoms with Gasteiger partial charge < -0.3 is 9.64 Å². The zero-order valence-electron chi connectivity index (χ0n) is 19.1. The van der Waals surface area contributed by atoms with Crippen molar-refractivity contribution in [3.8, 4) is 17.0 Å².